The molecule has 1 aromatic carbocycles. The Hall–Kier alpha value is -1.55. The van der Waals surface area contributed by atoms with Crippen molar-refractivity contribution in [2.45, 2.75) is 11.3 Å². The van der Waals surface area contributed by atoms with Crippen LogP contribution in [-0.4, -0.2) is 51.0 Å². The summed E-state index contributed by atoms with van der Waals surface area (Å²) < 4.78 is 44.4. The molecule has 9 heteroatoms. The SMILES string of the molecule is O=C(O)c1ccc(F)c(S(=O)(=O)NCCCOCCO)c1. The second-order valence-corrected chi connectivity index (χ2v) is 5.77. The van der Waals surface area contributed by atoms with E-state index in [4.69, 9.17) is 14.9 Å². The number of nitrogens with one attached hydrogen (secondary N) is 1. The molecule has 7 nitrogen and oxygen atoms in total. The lowest BCUT2D eigenvalue weighted by Crippen LogP contribution is -2.26. The van der Waals surface area contributed by atoms with E-state index in [0.29, 0.717) is 6.42 Å². The van der Waals surface area contributed by atoms with Gasteiger partial charge in [0.15, 0.2) is 0 Å². The second kappa shape index (κ2) is 8.03. The molecule has 0 spiro atoms. The molecule has 0 fully saturated rings. The Labute approximate surface area is 121 Å². The Morgan fingerprint density at radius 1 is 1.33 bits per heavy atom. The fourth-order valence-electron chi connectivity index (χ4n) is 1.47. The van der Waals surface area contributed by atoms with Crippen molar-refractivity contribution >= 4 is 16.0 Å². The van der Waals surface area contributed by atoms with Gasteiger partial charge in [0, 0.05) is 13.2 Å². The summed E-state index contributed by atoms with van der Waals surface area (Å²) in [7, 11) is -4.13. The molecule has 0 amide bonds. The summed E-state index contributed by atoms with van der Waals surface area (Å²) in [6.07, 6.45) is 0.333. The maximum atomic E-state index is 13.5. The minimum atomic E-state index is -4.13. The molecule has 0 aromatic heterocycles. The third-order valence-corrected chi connectivity index (χ3v) is 3.94. The number of aliphatic hydroxyl groups is 1. The number of benzene rings is 1. The molecule has 3 N–H and O–H groups in total. The summed E-state index contributed by atoms with van der Waals surface area (Å²) >= 11 is 0. The van der Waals surface area contributed by atoms with Gasteiger partial charge in [0.25, 0.3) is 0 Å². The monoisotopic (exact) mass is 321 g/mol. The summed E-state index contributed by atoms with van der Waals surface area (Å²) in [5, 5.41) is 17.3. The van der Waals surface area contributed by atoms with Gasteiger partial charge in [0.05, 0.1) is 18.8 Å². The van der Waals surface area contributed by atoms with Crippen LogP contribution in [0.5, 0.6) is 0 Å². The second-order valence-electron chi connectivity index (χ2n) is 4.04. The number of aliphatic hydroxyl groups excluding tert-OH is 1. The molecular formula is C12H16FNO6S. The Balaban J connectivity index is 2.70. The Morgan fingerprint density at radius 3 is 2.67 bits per heavy atom. The summed E-state index contributed by atoms with van der Waals surface area (Å²) in [4.78, 5) is 10.1. The van der Waals surface area contributed by atoms with Crippen LogP contribution in [0.4, 0.5) is 4.39 Å². The molecule has 0 unspecified atom stereocenters. The minimum Gasteiger partial charge on any atom is -0.478 e. The molecule has 0 atom stereocenters. The first-order valence-electron chi connectivity index (χ1n) is 6.09. The van der Waals surface area contributed by atoms with Crippen molar-refractivity contribution in [2.24, 2.45) is 0 Å². The Morgan fingerprint density at radius 2 is 2.05 bits per heavy atom. The van der Waals surface area contributed by atoms with E-state index in [-0.39, 0.29) is 31.9 Å². The standard InChI is InChI=1S/C12H16FNO6S/c13-10-3-2-9(12(16)17)8-11(10)21(18,19)14-4-1-6-20-7-5-15/h2-3,8,14-15H,1,4-7H2,(H,16,17). The average Bonchev–Trinajstić information content (AvgIpc) is 2.42. The highest BCUT2D eigenvalue weighted by Crippen LogP contribution is 2.16. The lowest BCUT2D eigenvalue weighted by atomic mass is 10.2. The van der Waals surface area contributed by atoms with E-state index in [0.717, 1.165) is 18.2 Å². The molecule has 0 saturated heterocycles. The summed E-state index contributed by atoms with van der Waals surface area (Å²) in [6, 6.07) is 2.55. The van der Waals surface area contributed by atoms with E-state index in [9.17, 15) is 17.6 Å². The van der Waals surface area contributed by atoms with E-state index >= 15 is 0 Å². The van der Waals surface area contributed by atoms with Gasteiger partial charge >= 0.3 is 5.97 Å². The van der Waals surface area contributed by atoms with Crippen LogP contribution >= 0.6 is 0 Å². The van der Waals surface area contributed by atoms with Gasteiger partial charge in [-0.25, -0.2) is 22.3 Å². The number of aromatic carboxylic acids is 1. The third-order valence-electron chi connectivity index (χ3n) is 2.46. The molecule has 0 radical (unpaired) electrons. The van der Waals surface area contributed by atoms with Crippen molar-refractivity contribution in [1.82, 2.24) is 4.72 Å². The summed E-state index contributed by atoms with van der Waals surface area (Å²) in [5.74, 6) is -2.37. The summed E-state index contributed by atoms with van der Waals surface area (Å²) in [6.45, 7) is 0.270. The fraction of sp³-hybridized carbons (Fsp3) is 0.417. The van der Waals surface area contributed by atoms with E-state index in [1.165, 1.54) is 0 Å². The van der Waals surface area contributed by atoms with E-state index < -0.39 is 26.7 Å². The first-order valence-corrected chi connectivity index (χ1v) is 7.58. The van der Waals surface area contributed by atoms with Crippen LogP contribution in [-0.2, 0) is 14.8 Å². The number of hydrogen-bond donors (Lipinski definition) is 3. The van der Waals surface area contributed by atoms with Crippen LogP contribution < -0.4 is 4.72 Å². The molecule has 1 rings (SSSR count). The van der Waals surface area contributed by atoms with Crippen molar-refractivity contribution < 1.29 is 32.6 Å². The van der Waals surface area contributed by atoms with Crippen molar-refractivity contribution in [3.63, 3.8) is 0 Å². The third kappa shape index (κ3) is 5.38. The number of carboxylic acid groups (broad SMARTS) is 1. The van der Waals surface area contributed by atoms with Crippen LogP contribution in [0.3, 0.4) is 0 Å². The van der Waals surface area contributed by atoms with Crippen LogP contribution in [0.1, 0.15) is 16.8 Å². The van der Waals surface area contributed by atoms with Gasteiger partial charge in [-0.05, 0) is 24.6 Å². The van der Waals surface area contributed by atoms with Crippen LogP contribution in [0.2, 0.25) is 0 Å². The quantitative estimate of drug-likeness (QED) is 0.560. The molecule has 0 heterocycles. The zero-order chi connectivity index (χ0) is 15.9. The van der Waals surface area contributed by atoms with Crippen LogP contribution in [0.25, 0.3) is 0 Å². The number of sulfonamides is 1. The zero-order valence-corrected chi connectivity index (χ0v) is 11.9. The molecule has 21 heavy (non-hydrogen) atoms. The van der Waals surface area contributed by atoms with Crippen molar-refractivity contribution in [1.29, 1.82) is 0 Å². The lowest BCUT2D eigenvalue weighted by molar-refractivity contribution is 0.0696. The molecule has 0 aliphatic carbocycles. The van der Waals surface area contributed by atoms with E-state index in [1.54, 1.807) is 0 Å². The Kier molecular flexibility index (Phi) is 6.69. The van der Waals surface area contributed by atoms with E-state index in [1.807, 2.05) is 0 Å². The number of carbonyl (C=O) groups is 1. The predicted molar refractivity (Wildman–Crippen MR) is 71.1 cm³/mol. The normalized spacial score (nSPS) is 11.5. The number of halogens is 1. The molecule has 0 aliphatic heterocycles. The molecule has 118 valence electrons. The topological polar surface area (TPSA) is 113 Å². The average molecular weight is 321 g/mol. The predicted octanol–water partition coefficient (Wildman–Crippen LogP) is 0.201. The van der Waals surface area contributed by atoms with Crippen molar-refractivity contribution in [3.8, 4) is 0 Å². The maximum Gasteiger partial charge on any atom is 0.335 e. The first kappa shape index (κ1) is 17.5. The van der Waals surface area contributed by atoms with Gasteiger partial charge in [-0.15, -0.1) is 0 Å². The molecule has 0 saturated carbocycles. The zero-order valence-electron chi connectivity index (χ0n) is 11.1. The van der Waals surface area contributed by atoms with Crippen LogP contribution in [0, 0.1) is 5.82 Å². The smallest absolute Gasteiger partial charge is 0.335 e. The maximum absolute atomic E-state index is 13.5. The highest BCUT2D eigenvalue weighted by atomic mass is 32.2. The van der Waals surface area contributed by atoms with Gasteiger partial charge in [0.1, 0.15) is 10.7 Å². The molecule has 0 aliphatic rings. The number of ether oxygens (including phenoxy) is 1. The Bertz CT molecular complexity index is 589. The van der Waals surface area contributed by atoms with Gasteiger partial charge in [-0.3, -0.25) is 0 Å². The highest BCUT2D eigenvalue weighted by Gasteiger charge is 2.20. The van der Waals surface area contributed by atoms with E-state index in [2.05, 4.69) is 4.72 Å². The number of rotatable bonds is 9. The first-order chi connectivity index (χ1) is 9.88. The highest BCUT2D eigenvalue weighted by molar-refractivity contribution is 7.89. The minimum absolute atomic E-state index is 0.00447. The van der Waals surface area contributed by atoms with Crippen molar-refractivity contribution in [2.75, 3.05) is 26.4 Å². The molecule has 0 bridgehead atoms. The van der Waals surface area contributed by atoms with Crippen LogP contribution in [0.15, 0.2) is 23.1 Å². The molecule has 1 aromatic rings. The largest absolute Gasteiger partial charge is 0.478 e. The van der Waals surface area contributed by atoms with Gasteiger partial charge in [-0.1, -0.05) is 0 Å². The number of carboxylic acids is 1. The lowest BCUT2D eigenvalue weighted by Gasteiger charge is -2.08. The fourth-order valence-corrected chi connectivity index (χ4v) is 2.64. The van der Waals surface area contributed by atoms with Gasteiger partial charge in [-0.2, -0.15) is 0 Å². The van der Waals surface area contributed by atoms with Gasteiger partial charge < -0.3 is 14.9 Å². The van der Waals surface area contributed by atoms with Crippen molar-refractivity contribution in [3.05, 3.63) is 29.6 Å². The number of hydrogen-bond acceptors (Lipinski definition) is 5. The molecular weight excluding hydrogens is 305 g/mol. The van der Waals surface area contributed by atoms with Gasteiger partial charge in [0.2, 0.25) is 10.0 Å². The summed E-state index contributed by atoms with van der Waals surface area (Å²) in [5.41, 5.74) is -0.317.